The van der Waals surface area contributed by atoms with Gasteiger partial charge in [0.2, 0.25) is 0 Å². The zero-order valence-corrected chi connectivity index (χ0v) is 11.0. The third kappa shape index (κ3) is 4.27. The summed E-state index contributed by atoms with van der Waals surface area (Å²) in [5.41, 5.74) is 6.78. The van der Waals surface area contributed by atoms with Crippen molar-refractivity contribution in [2.75, 3.05) is 0 Å². The van der Waals surface area contributed by atoms with Gasteiger partial charge in [-0.15, -0.1) is 0 Å². The average Bonchev–Trinajstić information content (AvgIpc) is 2.43. The highest BCUT2D eigenvalue weighted by Crippen LogP contribution is 2.11. The Morgan fingerprint density at radius 2 is 1.00 bits per heavy atom. The second kappa shape index (κ2) is 6.35. The van der Waals surface area contributed by atoms with E-state index in [0.717, 1.165) is 11.4 Å². The highest BCUT2D eigenvalue weighted by Gasteiger charge is 1.86. The first kappa shape index (κ1) is 12.8. The summed E-state index contributed by atoms with van der Waals surface area (Å²) in [6.07, 6.45) is 0. The van der Waals surface area contributed by atoms with E-state index in [-0.39, 0.29) is 0 Å². The van der Waals surface area contributed by atoms with Gasteiger partial charge in [0.25, 0.3) is 0 Å². The summed E-state index contributed by atoms with van der Waals surface area (Å²) in [6.45, 7) is 4.08. The molecule has 0 atom stereocenters. The van der Waals surface area contributed by atoms with Crippen LogP contribution in [0.25, 0.3) is 0 Å². The summed E-state index contributed by atoms with van der Waals surface area (Å²) < 4.78 is 0. The molecule has 0 aliphatic rings. The number of benzene rings is 2. The second-order valence-corrected chi connectivity index (χ2v) is 4.24. The van der Waals surface area contributed by atoms with Gasteiger partial charge in [-0.3, -0.25) is 0 Å². The van der Waals surface area contributed by atoms with Crippen LogP contribution in [0.2, 0.25) is 0 Å². The van der Waals surface area contributed by atoms with E-state index in [0.29, 0.717) is 0 Å². The summed E-state index contributed by atoms with van der Waals surface area (Å²) in [5, 5.41) is 0. The van der Waals surface area contributed by atoms with Gasteiger partial charge in [0.1, 0.15) is 0 Å². The zero-order valence-electron chi connectivity index (χ0n) is 11.0. The third-order valence-electron chi connectivity index (χ3n) is 2.55. The Morgan fingerprint density at radius 1 is 0.632 bits per heavy atom. The Labute approximate surface area is 113 Å². The van der Waals surface area contributed by atoms with Crippen molar-refractivity contribution in [3.63, 3.8) is 0 Å². The normalized spacial score (nSPS) is 8.95. The molecule has 0 saturated heterocycles. The maximum atomic E-state index is 4.11. The molecule has 0 radical (unpaired) electrons. The second-order valence-electron chi connectivity index (χ2n) is 4.24. The molecule has 0 aliphatic carbocycles. The summed E-state index contributed by atoms with van der Waals surface area (Å²) >= 11 is 0. The van der Waals surface area contributed by atoms with Crippen molar-refractivity contribution >= 4 is 23.1 Å². The molecule has 2 aromatic carbocycles. The standard InChI is InChI=1S/C17H14N2/c1-14-4-8-16(9-5-14)18-12-3-13-19-17-10-6-15(2)7-11-17/h4-11H,1-2H3. The van der Waals surface area contributed by atoms with E-state index in [2.05, 4.69) is 27.5 Å². The third-order valence-corrected chi connectivity index (χ3v) is 2.55. The van der Waals surface area contributed by atoms with Crippen LogP contribution in [0.15, 0.2) is 64.2 Å². The number of hydrogen-bond acceptors (Lipinski definition) is 2. The van der Waals surface area contributed by atoms with Crippen LogP contribution >= 0.6 is 0 Å². The average molecular weight is 246 g/mol. The van der Waals surface area contributed by atoms with Crippen molar-refractivity contribution in [1.82, 2.24) is 0 Å². The molecule has 92 valence electrons. The molecule has 0 bridgehead atoms. The number of hydrogen-bond donors (Lipinski definition) is 0. The Bertz CT molecular complexity index is 616. The summed E-state index contributed by atoms with van der Waals surface area (Å²) in [6, 6.07) is 15.7. The van der Waals surface area contributed by atoms with E-state index >= 15 is 0 Å². The van der Waals surface area contributed by atoms with Crippen molar-refractivity contribution in [2.24, 2.45) is 9.98 Å². The van der Waals surface area contributed by atoms with E-state index < -0.39 is 0 Å². The van der Waals surface area contributed by atoms with Gasteiger partial charge in [0, 0.05) is 17.5 Å². The zero-order chi connectivity index (χ0) is 13.5. The van der Waals surface area contributed by atoms with Gasteiger partial charge in [0.05, 0.1) is 11.4 Å². The minimum Gasteiger partial charge on any atom is -0.197 e. The lowest BCUT2D eigenvalue weighted by Crippen LogP contribution is -1.68. The molecule has 0 amide bonds. The first-order chi connectivity index (χ1) is 9.24. The summed E-state index contributed by atoms with van der Waals surface area (Å²) in [7, 11) is 0. The molecule has 0 aromatic heterocycles. The van der Waals surface area contributed by atoms with E-state index in [1.54, 1.807) is 0 Å². The van der Waals surface area contributed by atoms with Crippen LogP contribution in [0.3, 0.4) is 0 Å². The van der Waals surface area contributed by atoms with Gasteiger partial charge in [-0.05, 0) is 38.1 Å². The molecule has 0 unspecified atom stereocenters. The molecule has 19 heavy (non-hydrogen) atoms. The van der Waals surface area contributed by atoms with Crippen molar-refractivity contribution < 1.29 is 0 Å². The van der Waals surface area contributed by atoms with Gasteiger partial charge in [0.15, 0.2) is 0 Å². The van der Waals surface area contributed by atoms with Crippen molar-refractivity contribution in [1.29, 1.82) is 0 Å². The van der Waals surface area contributed by atoms with E-state index in [1.165, 1.54) is 11.1 Å². The molecular formula is C17H14N2. The van der Waals surface area contributed by atoms with Crippen LogP contribution in [0.5, 0.6) is 0 Å². The molecular weight excluding hydrogens is 232 g/mol. The predicted molar refractivity (Wildman–Crippen MR) is 80.1 cm³/mol. The van der Waals surface area contributed by atoms with E-state index in [1.807, 2.05) is 62.4 Å². The molecule has 0 fully saturated rings. The van der Waals surface area contributed by atoms with Crippen LogP contribution in [-0.2, 0) is 0 Å². The lowest BCUT2D eigenvalue weighted by Gasteiger charge is -1.90. The lowest BCUT2D eigenvalue weighted by molar-refractivity contribution is 1.44. The van der Waals surface area contributed by atoms with Crippen LogP contribution in [0.1, 0.15) is 11.1 Å². The Hall–Kier alpha value is -2.62. The first-order valence-electron chi connectivity index (χ1n) is 6.04. The highest BCUT2D eigenvalue weighted by molar-refractivity contribution is 5.70. The molecule has 0 aliphatic heterocycles. The topological polar surface area (TPSA) is 24.7 Å². The number of aliphatic imine (C=N–C) groups is 2. The summed E-state index contributed by atoms with van der Waals surface area (Å²) in [5.74, 6) is 5.35. The molecule has 0 N–H and O–H groups in total. The number of aryl methyl sites for hydroxylation is 2. The largest absolute Gasteiger partial charge is 0.197 e. The number of nitrogens with zero attached hydrogens (tertiary/aromatic N) is 2. The Kier molecular flexibility index (Phi) is 4.29. The van der Waals surface area contributed by atoms with Gasteiger partial charge < -0.3 is 0 Å². The molecule has 0 saturated carbocycles. The van der Waals surface area contributed by atoms with Crippen LogP contribution in [0, 0.1) is 13.8 Å². The van der Waals surface area contributed by atoms with Crippen LogP contribution < -0.4 is 0 Å². The lowest BCUT2D eigenvalue weighted by atomic mass is 10.2. The van der Waals surface area contributed by atoms with Crippen LogP contribution in [0.4, 0.5) is 11.4 Å². The fourth-order valence-electron chi connectivity index (χ4n) is 1.45. The van der Waals surface area contributed by atoms with Crippen molar-refractivity contribution in [3.8, 4) is 0 Å². The minimum atomic E-state index is 0.843. The Balaban J connectivity index is 2.15. The maximum Gasteiger partial charge on any atom is 0.0737 e. The first-order valence-corrected chi connectivity index (χ1v) is 6.04. The maximum absolute atomic E-state index is 4.11. The van der Waals surface area contributed by atoms with Gasteiger partial charge in [-0.2, -0.15) is 9.98 Å². The molecule has 2 aromatic rings. The smallest absolute Gasteiger partial charge is 0.0737 e. The monoisotopic (exact) mass is 246 g/mol. The molecule has 2 rings (SSSR count). The van der Waals surface area contributed by atoms with Crippen LogP contribution in [-0.4, -0.2) is 11.7 Å². The quantitative estimate of drug-likeness (QED) is 0.557. The predicted octanol–water partition coefficient (Wildman–Crippen LogP) is 4.32. The molecule has 0 spiro atoms. The molecule has 0 heterocycles. The molecule has 2 heteroatoms. The minimum absolute atomic E-state index is 0.843. The van der Waals surface area contributed by atoms with Crippen molar-refractivity contribution in [3.05, 3.63) is 65.4 Å². The van der Waals surface area contributed by atoms with Crippen molar-refractivity contribution in [2.45, 2.75) is 13.8 Å². The Morgan fingerprint density at radius 3 is 1.37 bits per heavy atom. The van der Waals surface area contributed by atoms with Gasteiger partial charge in [-0.1, -0.05) is 35.4 Å². The fraction of sp³-hybridized carbons (Fsp3) is 0.118. The highest BCUT2D eigenvalue weighted by atomic mass is 14.7. The number of rotatable bonds is 2. The van der Waals surface area contributed by atoms with Gasteiger partial charge in [-0.25, -0.2) is 0 Å². The van der Waals surface area contributed by atoms with E-state index in [4.69, 9.17) is 0 Å². The SMILES string of the molecule is Cc1ccc(N=C=C=C=Nc2ccc(C)cc2)cc1. The fourth-order valence-corrected chi connectivity index (χ4v) is 1.45. The summed E-state index contributed by atoms with van der Waals surface area (Å²) in [4.78, 5) is 8.22. The molecule has 2 nitrogen and oxygen atoms in total. The van der Waals surface area contributed by atoms with Gasteiger partial charge >= 0.3 is 0 Å². The van der Waals surface area contributed by atoms with E-state index in [9.17, 15) is 0 Å².